The van der Waals surface area contributed by atoms with Crippen LogP contribution in [0, 0.1) is 0 Å². The van der Waals surface area contributed by atoms with E-state index in [9.17, 15) is 31.2 Å². The molecule has 0 saturated heterocycles. The van der Waals surface area contributed by atoms with Crippen molar-refractivity contribution in [3.8, 4) is 0 Å². The number of carbonyl (C=O) groups is 2. The normalized spacial score (nSPS) is 15.5. The van der Waals surface area contributed by atoms with Crippen LogP contribution in [0.15, 0.2) is 53.0 Å². The van der Waals surface area contributed by atoms with E-state index < -0.39 is 40.3 Å². The van der Waals surface area contributed by atoms with Gasteiger partial charge < -0.3 is 10.2 Å². The number of nitrogens with one attached hydrogen (secondary N) is 1. The molecule has 12 heteroatoms. The van der Waals surface area contributed by atoms with E-state index in [-0.39, 0.29) is 24.2 Å². The zero-order valence-electron chi connectivity index (χ0n) is 21.2. The summed E-state index contributed by atoms with van der Waals surface area (Å²) in [5, 5.41) is 2.99. The van der Waals surface area contributed by atoms with Crippen LogP contribution in [0.25, 0.3) is 0 Å². The molecule has 2 aromatic carbocycles. The molecule has 0 bridgehead atoms. The van der Waals surface area contributed by atoms with Crippen LogP contribution in [0.4, 0.5) is 18.9 Å². The molecule has 1 aliphatic carbocycles. The quantitative estimate of drug-likeness (QED) is 0.424. The Labute approximate surface area is 229 Å². The average Bonchev–Trinajstić information content (AvgIpc) is 2.85. The predicted molar refractivity (Wildman–Crippen MR) is 143 cm³/mol. The number of halogens is 4. The first-order valence-electron chi connectivity index (χ1n) is 12.2. The van der Waals surface area contributed by atoms with Crippen LogP contribution >= 0.6 is 15.9 Å². The molecule has 2 amide bonds. The van der Waals surface area contributed by atoms with Crippen molar-refractivity contribution in [3.63, 3.8) is 0 Å². The molecular weight excluding hydrogens is 587 g/mol. The maximum absolute atomic E-state index is 13.6. The minimum Gasteiger partial charge on any atom is -0.352 e. The van der Waals surface area contributed by atoms with Crippen molar-refractivity contribution >= 4 is 43.5 Å². The Morgan fingerprint density at radius 3 is 2.34 bits per heavy atom. The van der Waals surface area contributed by atoms with Crippen molar-refractivity contribution in [1.29, 1.82) is 0 Å². The lowest BCUT2D eigenvalue weighted by Crippen LogP contribution is -2.53. The summed E-state index contributed by atoms with van der Waals surface area (Å²) in [5.74, 6) is -1.09. The van der Waals surface area contributed by atoms with E-state index in [1.54, 1.807) is 31.2 Å². The molecule has 0 unspecified atom stereocenters. The molecule has 0 radical (unpaired) electrons. The first kappa shape index (κ1) is 29.9. The number of sulfonamides is 1. The molecule has 38 heavy (non-hydrogen) atoms. The van der Waals surface area contributed by atoms with Crippen molar-refractivity contribution in [1.82, 2.24) is 10.2 Å². The van der Waals surface area contributed by atoms with Crippen LogP contribution in [0.3, 0.4) is 0 Å². The molecule has 0 spiro atoms. The molecule has 0 aliphatic heterocycles. The summed E-state index contributed by atoms with van der Waals surface area (Å²) in [5.41, 5.74) is -0.644. The van der Waals surface area contributed by atoms with Crippen LogP contribution in [-0.2, 0) is 32.3 Å². The van der Waals surface area contributed by atoms with E-state index >= 15 is 0 Å². The first-order valence-corrected chi connectivity index (χ1v) is 14.9. The number of carbonyl (C=O) groups excluding carboxylic acids is 2. The highest BCUT2D eigenvalue weighted by Gasteiger charge is 2.34. The molecule has 208 valence electrons. The summed E-state index contributed by atoms with van der Waals surface area (Å²) >= 11 is 3.38. The van der Waals surface area contributed by atoms with Gasteiger partial charge in [0.05, 0.1) is 17.5 Å². The summed E-state index contributed by atoms with van der Waals surface area (Å²) in [6.07, 6.45) is 0.915. The van der Waals surface area contributed by atoms with Gasteiger partial charge in [0.25, 0.3) is 0 Å². The highest BCUT2D eigenvalue weighted by molar-refractivity contribution is 9.10. The van der Waals surface area contributed by atoms with Crippen LogP contribution in [-0.4, -0.2) is 50.0 Å². The van der Waals surface area contributed by atoms with Crippen LogP contribution in [0.1, 0.15) is 50.2 Å². The lowest BCUT2D eigenvalue weighted by atomic mass is 9.95. The van der Waals surface area contributed by atoms with Gasteiger partial charge in [-0.1, -0.05) is 53.4 Å². The van der Waals surface area contributed by atoms with Gasteiger partial charge in [-0.15, -0.1) is 0 Å². The van der Waals surface area contributed by atoms with E-state index in [1.807, 2.05) is 0 Å². The highest BCUT2D eigenvalue weighted by Crippen LogP contribution is 2.32. The zero-order valence-corrected chi connectivity index (χ0v) is 23.6. The second-order valence-electron chi connectivity index (χ2n) is 9.49. The Bertz CT molecular complexity index is 1250. The second-order valence-corrected chi connectivity index (χ2v) is 12.3. The molecule has 1 saturated carbocycles. The van der Waals surface area contributed by atoms with Crippen molar-refractivity contribution < 1.29 is 31.2 Å². The van der Waals surface area contributed by atoms with E-state index in [2.05, 4.69) is 21.2 Å². The number of hydrogen-bond donors (Lipinski definition) is 1. The Hall–Kier alpha value is -2.60. The van der Waals surface area contributed by atoms with Crippen LogP contribution < -0.4 is 9.62 Å². The predicted octanol–water partition coefficient (Wildman–Crippen LogP) is 5.10. The zero-order chi connectivity index (χ0) is 28.1. The fourth-order valence-corrected chi connectivity index (χ4v) is 5.72. The van der Waals surface area contributed by atoms with Crippen molar-refractivity contribution in [2.45, 2.75) is 63.8 Å². The third-order valence-electron chi connectivity index (χ3n) is 6.50. The van der Waals surface area contributed by atoms with Gasteiger partial charge in [-0.3, -0.25) is 13.9 Å². The molecule has 1 aliphatic rings. The van der Waals surface area contributed by atoms with Crippen LogP contribution in [0.5, 0.6) is 0 Å². The van der Waals surface area contributed by atoms with Gasteiger partial charge in [0.2, 0.25) is 21.8 Å². The smallest absolute Gasteiger partial charge is 0.352 e. The monoisotopic (exact) mass is 617 g/mol. The number of benzene rings is 2. The topological polar surface area (TPSA) is 86.8 Å². The Kier molecular flexibility index (Phi) is 9.85. The largest absolute Gasteiger partial charge is 0.416 e. The summed E-state index contributed by atoms with van der Waals surface area (Å²) in [6.45, 7) is 0.788. The van der Waals surface area contributed by atoms with Gasteiger partial charge in [-0.05, 0) is 55.7 Å². The molecular formula is C26H31BrF3N3O4S. The summed E-state index contributed by atoms with van der Waals surface area (Å²) in [6, 6.07) is 9.93. The molecule has 3 rings (SSSR count). The fraction of sp³-hybridized carbons (Fsp3) is 0.462. The molecule has 0 heterocycles. The summed E-state index contributed by atoms with van der Waals surface area (Å²) < 4.78 is 66.5. The van der Waals surface area contributed by atoms with Crippen molar-refractivity contribution in [3.05, 3.63) is 64.1 Å². The first-order chi connectivity index (χ1) is 17.8. The van der Waals surface area contributed by atoms with E-state index in [0.717, 1.165) is 55.0 Å². The lowest BCUT2D eigenvalue weighted by molar-refractivity contribution is -0.139. The average molecular weight is 619 g/mol. The molecule has 1 fully saturated rings. The lowest BCUT2D eigenvalue weighted by Gasteiger charge is -2.33. The maximum atomic E-state index is 13.6. The minimum absolute atomic E-state index is 0.000789. The Morgan fingerprint density at radius 2 is 1.74 bits per heavy atom. The van der Waals surface area contributed by atoms with Gasteiger partial charge in [0.1, 0.15) is 12.6 Å². The third-order valence-corrected chi connectivity index (χ3v) is 8.14. The molecule has 1 N–H and O–H groups in total. The number of amides is 2. The third kappa shape index (κ3) is 8.20. The Balaban J connectivity index is 1.91. The SMILES string of the molecule is C[C@@H](C(=O)NC1CCCCC1)N(Cc1cccc(Br)c1)C(=O)CN(c1cccc(C(F)(F)F)c1)S(C)(=O)=O. The van der Waals surface area contributed by atoms with Gasteiger partial charge in [-0.25, -0.2) is 8.42 Å². The van der Waals surface area contributed by atoms with Gasteiger partial charge in [0, 0.05) is 17.1 Å². The number of alkyl halides is 3. The van der Waals surface area contributed by atoms with Crippen molar-refractivity contribution in [2.24, 2.45) is 0 Å². The molecule has 2 aromatic rings. The Morgan fingerprint density at radius 1 is 1.08 bits per heavy atom. The summed E-state index contributed by atoms with van der Waals surface area (Å²) in [7, 11) is -4.15. The van der Waals surface area contributed by atoms with E-state index in [1.165, 1.54) is 11.0 Å². The number of hydrogen-bond acceptors (Lipinski definition) is 4. The second kappa shape index (κ2) is 12.5. The van der Waals surface area contributed by atoms with E-state index in [0.29, 0.717) is 15.9 Å². The minimum atomic E-state index is -4.69. The number of rotatable bonds is 9. The van der Waals surface area contributed by atoms with Crippen molar-refractivity contribution in [2.75, 3.05) is 17.1 Å². The van der Waals surface area contributed by atoms with Crippen LogP contribution in [0.2, 0.25) is 0 Å². The highest BCUT2D eigenvalue weighted by atomic mass is 79.9. The standard InChI is InChI=1S/C26H31BrF3N3O4S/c1-18(25(35)31-22-11-4-3-5-12-22)32(16-19-8-6-10-21(27)14-19)24(34)17-33(38(2,36)37)23-13-7-9-20(15-23)26(28,29)30/h6-10,13-15,18,22H,3-5,11-12,16-17H2,1-2H3,(H,31,35)/t18-/m0/s1. The number of anilines is 1. The van der Waals surface area contributed by atoms with Gasteiger partial charge >= 0.3 is 6.18 Å². The number of nitrogens with zero attached hydrogens (tertiary/aromatic N) is 2. The van der Waals surface area contributed by atoms with E-state index in [4.69, 9.17) is 0 Å². The molecule has 0 aromatic heterocycles. The maximum Gasteiger partial charge on any atom is 0.416 e. The van der Waals surface area contributed by atoms with Gasteiger partial charge in [-0.2, -0.15) is 13.2 Å². The molecule has 7 nitrogen and oxygen atoms in total. The summed E-state index contributed by atoms with van der Waals surface area (Å²) in [4.78, 5) is 28.0. The molecule has 1 atom stereocenters. The van der Waals surface area contributed by atoms with Gasteiger partial charge in [0.15, 0.2) is 0 Å². The fourth-order valence-electron chi connectivity index (χ4n) is 4.43.